The van der Waals surface area contributed by atoms with Gasteiger partial charge in [0.1, 0.15) is 0 Å². The molecular weight excluding hydrogens is 228 g/mol. The normalized spacial score (nSPS) is 12.4. The van der Waals surface area contributed by atoms with Gasteiger partial charge in [-0.3, -0.25) is 0 Å². The van der Waals surface area contributed by atoms with Gasteiger partial charge in [-0.25, -0.2) is 0 Å². The largest absolute Gasteiger partial charge is 0.378 e. The quantitative estimate of drug-likeness (QED) is 0.695. The van der Waals surface area contributed by atoms with Crippen molar-refractivity contribution in [3.05, 3.63) is 42.5 Å². The molecule has 0 atom stereocenters. The van der Waals surface area contributed by atoms with Crippen LogP contribution in [0.1, 0.15) is 0 Å². The number of anilines is 3. The van der Waals surface area contributed by atoms with Gasteiger partial charge in [-0.1, -0.05) is 23.9 Å². The molecule has 0 bridgehead atoms. The van der Waals surface area contributed by atoms with Crippen LogP contribution in [0.25, 0.3) is 0 Å². The van der Waals surface area contributed by atoms with Crippen LogP contribution >= 0.6 is 11.8 Å². The van der Waals surface area contributed by atoms with E-state index in [1.54, 1.807) is 0 Å². The first-order valence-electron chi connectivity index (χ1n) is 5.59. The second-order valence-electron chi connectivity index (χ2n) is 4.30. The number of nitrogens with one attached hydrogen (secondary N) is 1. The number of fused-ring (bicyclic) bond motifs is 2. The van der Waals surface area contributed by atoms with Gasteiger partial charge >= 0.3 is 0 Å². The van der Waals surface area contributed by atoms with Crippen molar-refractivity contribution >= 4 is 28.8 Å². The predicted octanol–water partition coefficient (Wildman–Crippen LogP) is 3.96. The lowest BCUT2D eigenvalue weighted by atomic mass is 10.2. The molecule has 2 nitrogen and oxygen atoms in total. The highest BCUT2D eigenvalue weighted by atomic mass is 32.2. The molecule has 0 unspecified atom stereocenters. The topological polar surface area (TPSA) is 15.3 Å². The Labute approximate surface area is 106 Å². The zero-order valence-electron chi connectivity index (χ0n) is 9.90. The molecule has 0 saturated heterocycles. The minimum absolute atomic E-state index is 1.19. The highest BCUT2D eigenvalue weighted by molar-refractivity contribution is 7.99. The Bertz CT molecular complexity index is 564. The molecule has 1 aliphatic rings. The number of benzene rings is 2. The van der Waals surface area contributed by atoms with Gasteiger partial charge in [0.2, 0.25) is 0 Å². The van der Waals surface area contributed by atoms with Gasteiger partial charge < -0.3 is 10.2 Å². The minimum Gasteiger partial charge on any atom is -0.378 e. The summed E-state index contributed by atoms with van der Waals surface area (Å²) in [6.45, 7) is 0. The summed E-state index contributed by atoms with van der Waals surface area (Å²) in [5.41, 5.74) is 3.62. The Morgan fingerprint density at radius 2 is 1.71 bits per heavy atom. The molecular formula is C14H14N2S. The van der Waals surface area contributed by atoms with Crippen molar-refractivity contribution in [2.45, 2.75) is 9.79 Å². The smallest absolute Gasteiger partial charge is 0.0527 e. The van der Waals surface area contributed by atoms with Crippen molar-refractivity contribution in [2.24, 2.45) is 0 Å². The van der Waals surface area contributed by atoms with Crippen LogP contribution in [0.4, 0.5) is 17.1 Å². The summed E-state index contributed by atoms with van der Waals surface area (Å²) >= 11 is 1.82. The molecule has 0 fully saturated rings. The third kappa shape index (κ3) is 1.87. The summed E-state index contributed by atoms with van der Waals surface area (Å²) in [5.74, 6) is 0. The number of nitrogens with zero attached hydrogens (tertiary/aromatic N) is 1. The minimum atomic E-state index is 1.19. The average Bonchev–Trinajstić information content (AvgIpc) is 2.35. The highest BCUT2D eigenvalue weighted by Gasteiger charge is 2.15. The molecule has 0 radical (unpaired) electrons. The summed E-state index contributed by atoms with van der Waals surface area (Å²) in [6, 6.07) is 14.9. The number of hydrogen-bond donors (Lipinski definition) is 1. The third-order valence-corrected chi connectivity index (χ3v) is 3.99. The summed E-state index contributed by atoms with van der Waals surface area (Å²) in [7, 11) is 4.13. The molecule has 1 aliphatic heterocycles. The third-order valence-electron chi connectivity index (χ3n) is 2.86. The summed E-state index contributed by atoms with van der Waals surface area (Å²) in [5, 5.41) is 3.47. The van der Waals surface area contributed by atoms with Gasteiger partial charge in [0.25, 0.3) is 0 Å². The van der Waals surface area contributed by atoms with E-state index in [0.29, 0.717) is 0 Å². The lowest BCUT2D eigenvalue weighted by Gasteiger charge is -2.22. The number of para-hydroxylation sites is 1. The SMILES string of the molecule is CN(C)c1ccc2c(c1)Sc1ccccc1N2. The lowest BCUT2D eigenvalue weighted by Crippen LogP contribution is -2.09. The second-order valence-corrected chi connectivity index (χ2v) is 5.38. The molecule has 0 aromatic heterocycles. The average molecular weight is 242 g/mol. The first kappa shape index (κ1) is 10.5. The molecule has 86 valence electrons. The van der Waals surface area contributed by atoms with Crippen LogP contribution in [0.5, 0.6) is 0 Å². The van der Waals surface area contributed by atoms with Crippen molar-refractivity contribution in [3.8, 4) is 0 Å². The van der Waals surface area contributed by atoms with E-state index in [1.807, 2.05) is 11.8 Å². The van der Waals surface area contributed by atoms with Crippen molar-refractivity contribution in [3.63, 3.8) is 0 Å². The van der Waals surface area contributed by atoms with Crippen LogP contribution in [0, 0.1) is 0 Å². The molecule has 2 aromatic carbocycles. The van der Waals surface area contributed by atoms with Gasteiger partial charge in [0, 0.05) is 29.6 Å². The molecule has 3 rings (SSSR count). The summed E-state index contributed by atoms with van der Waals surface area (Å²) in [6.07, 6.45) is 0. The lowest BCUT2D eigenvalue weighted by molar-refractivity contribution is 1.12. The molecule has 2 aromatic rings. The maximum atomic E-state index is 3.47. The summed E-state index contributed by atoms with van der Waals surface area (Å²) < 4.78 is 0. The van der Waals surface area contributed by atoms with Crippen molar-refractivity contribution in [2.75, 3.05) is 24.3 Å². The molecule has 17 heavy (non-hydrogen) atoms. The zero-order chi connectivity index (χ0) is 11.8. The van der Waals surface area contributed by atoms with Gasteiger partial charge in [-0.05, 0) is 30.3 Å². The fraction of sp³-hybridized carbons (Fsp3) is 0.143. The predicted molar refractivity (Wildman–Crippen MR) is 74.6 cm³/mol. The molecule has 1 heterocycles. The van der Waals surface area contributed by atoms with Crippen LogP contribution in [-0.4, -0.2) is 14.1 Å². The first-order valence-corrected chi connectivity index (χ1v) is 6.41. The van der Waals surface area contributed by atoms with Gasteiger partial charge in [0.15, 0.2) is 0 Å². The van der Waals surface area contributed by atoms with E-state index in [-0.39, 0.29) is 0 Å². The fourth-order valence-corrected chi connectivity index (χ4v) is 2.92. The molecule has 0 aliphatic carbocycles. The zero-order valence-corrected chi connectivity index (χ0v) is 10.7. The van der Waals surface area contributed by atoms with Crippen LogP contribution in [-0.2, 0) is 0 Å². The molecule has 0 amide bonds. The molecule has 1 N–H and O–H groups in total. The Morgan fingerprint density at radius 1 is 0.941 bits per heavy atom. The summed E-state index contributed by atoms with van der Waals surface area (Å²) in [4.78, 5) is 4.70. The van der Waals surface area contributed by atoms with E-state index in [9.17, 15) is 0 Å². The van der Waals surface area contributed by atoms with Crippen molar-refractivity contribution < 1.29 is 0 Å². The van der Waals surface area contributed by atoms with Gasteiger partial charge in [0.05, 0.1) is 11.4 Å². The Hall–Kier alpha value is -1.61. The fourth-order valence-electron chi connectivity index (χ4n) is 1.90. The maximum absolute atomic E-state index is 3.47. The van der Waals surface area contributed by atoms with E-state index >= 15 is 0 Å². The van der Waals surface area contributed by atoms with E-state index in [1.165, 1.54) is 26.9 Å². The Kier molecular flexibility index (Phi) is 2.48. The van der Waals surface area contributed by atoms with Crippen LogP contribution in [0.2, 0.25) is 0 Å². The van der Waals surface area contributed by atoms with E-state index in [0.717, 1.165) is 0 Å². The van der Waals surface area contributed by atoms with Crippen LogP contribution in [0.3, 0.4) is 0 Å². The molecule has 0 spiro atoms. The van der Waals surface area contributed by atoms with Gasteiger partial charge in [-0.2, -0.15) is 0 Å². The standard InChI is InChI=1S/C14H14N2S/c1-16(2)10-7-8-12-14(9-10)17-13-6-4-3-5-11(13)15-12/h3-9,15H,1-2H3. The van der Waals surface area contributed by atoms with E-state index < -0.39 is 0 Å². The second kappa shape index (κ2) is 4.00. The maximum Gasteiger partial charge on any atom is 0.0527 e. The van der Waals surface area contributed by atoms with Crippen molar-refractivity contribution in [1.82, 2.24) is 0 Å². The highest BCUT2D eigenvalue weighted by Crippen LogP contribution is 2.44. The molecule has 3 heteroatoms. The van der Waals surface area contributed by atoms with Gasteiger partial charge in [-0.15, -0.1) is 0 Å². The van der Waals surface area contributed by atoms with Crippen molar-refractivity contribution in [1.29, 1.82) is 0 Å². The van der Waals surface area contributed by atoms with Crippen LogP contribution in [0.15, 0.2) is 52.3 Å². The molecule has 0 saturated carbocycles. The Morgan fingerprint density at radius 3 is 2.53 bits per heavy atom. The van der Waals surface area contributed by atoms with E-state index in [4.69, 9.17) is 0 Å². The number of rotatable bonds is 1. The van der Waals surface area contributed by atoms with Crippen LogP contribution < -0.4 is 10.2 Å². The number of hydrogen-bond acceptors (Lipinski definition) is 3. The monoisotopic (exact) mass is 242 g/mol. The Balaban J connectivity index is 2.03. The first-order chi connectivity index (χ1) is 8.24. The van der Waals surface area contributed by atoms with E-state index in [2.05, 4.69) is 66.8 Å².